The molecule has 0 radical (unpaired) electrons. The lowest BCUT2D eigenvalue weighted by atomic mass is 10.1. The van der Waals surface area contributed by atoms with Crippen LogP contribution in [-0.4, -0.2) is 36.3 Å². The second kappa shape index (κ2) is 5.87. The van der Waals surface area contributed by atoms with Gasteiger partial charge in [-0.1, -0.05) is 29.8 Å². The average Bonchev–Trinajstić information content (AvgIpc) is 2.57. The van der Waals surface area contributed by atoms with Crippen LogP contribution in [0, 0.1) is 0 Å². The third-order valence-electron chi connectivity index (χ3n) is 2.91. The molecule has 2 rings (SSSR count). The van der Waals surface area contributed by atoms with E-state index in [1.54, 1.807) is 11.0 Å². The Morgan fingerprint density at radius 1 is 1.39 bits per heavy atom. The van der Waals surface area contributed by atoms with Crippen LogP contribution in [0.3, 0.4) is 0 Å². The van der Waals surface area contributed by atoms with Gasteiger partial charge >= 0.3 is 0 Å². The second-order valence-electron chi connectivity index (χ2n) is 4.29. The molecule has 0 bridgehead atoms. The maximum Gasteiger partial charge on any atom is 0.239 e. The van der Waals surface area contributed by atoms with Crippen molar-refractivity contribution < 1.29 is 9.59 Å². The van der Waals surface area contributed by atoms with Gasteiger partial charge in [0.25, 0.3) is 0 Å². The zero-order valence-electron chi connectivity index (χ0n) is 9.99. The van der Waals surface area contributed by atoms with E-state index >= 15 is 0 Å². The number of nitrogens with zero attached hydrogens (tertiary/aromatic N) is 1. The van der Waals surface area contributed by atoms with Crippen LogP contribution in [0.1, 0.15) is 12.0 Å². The average molecular weight is 267 g/mol. The minimum atomic E-state index is -0.0972. The Kier molecular flexibility index (Phi) is 4.20. The van der Waals surface area contributed by atoms with Crippen molar-refractivity contribution in [1.82, 2.24) is 10.2 Å². The van der Waals surface area contributed by atoms with Crippen LogP contribution in [0.5, 0.6) is 0 Å². The van der Waals surface area contributed by atoms with Crippen LogP contribution in [0.4, 0.5) is 0 Å². The van der Waals surface area contributed by atoms with Crippen molar-refractivity contribution >= 4 is 23.4 Å². The third kappa shape index (κ3) is 3.23. The van der Waals surface area contributed by atoms with Gasteiger partial charge in [0, 0.05) is 18.1 Å². The molecule has 1 fully saturated rings. The van der Waals surface area contributed by atoms with Gasteiger partial charge in [0.2, 0.25) is 11.8 Å². The molecule has 0 unspecified atom stereocenters. The van der Waals surface area contributed by atoms with Crippen LogP contribution in [0.25, 0.3) is 0 Å². The fourth-order valence-corrected chi connectivity index (χ4v) is 2.14. The van der Waals surface area contributed by atoms with Crippen LogP contribution in [0.2, 0.25) is 5.02 Å². The monoisotopic (exact) mass is 266 g/mol. The van der Waals surface area contributed by atoms with E-state index in [1.165, 1.54) is 0 Å². The summed E-state index contributed by atoms with van der Waals surface area (Å²) in [6.07, 6.45) is 1.03. The summed E-state index contributed by atoms with van der Waals surface area (Å²) in [5, 5.41) is 3.33. The van der Waals surface area contributed by atoms with Gasteiger partial charge in [-0.3, -0.25) is 9.59 Å². The summed E-state index contributed by atoms with van der Waals surface area (Å²) in [7, 11) is 0. The van der Waals surface area contributed by atoms with E-state index in [2.05, 4.69) is 5.32 Å². The molecule has 1 heterocycles. The quantitative estimate of drug-likeness (QED) is 0.875. The molecule has 0 aromatic heterocycles. The highest BCUT2D eigenvalue weighted by Crippen LogP contribution is 2.16. The zero-order chi connectivity index (χ0) is 13.0. The molecule has 1 N–H and O–H groups in total. The predicted octanol–water partition coefficient (Wildman–Crippen LogP) is 1.23. The van der Waals surface area contributed by atoms with Crippen LogP contribution in [0.15, 0.2) is 24.3 Å². The molecule has 5 heteroatoms. The summed E-state index contributed by atoms with van der Waals surface area (Å²) in [5.41, 5.74) is 0.800. The lowest BCUT2D eigenvalue weighted by molar-refractivity contribution is -0.134. The van der Waals surface area contributed by atoms with Crippen molar-refractivity contribution in [2.45, 2.75) is 12.8 Å². The summed E-state index contributed by atoms with van der Waals surface area (Å²) in [6, 6.07) is 7.27. The van der Waals surface area contributed by atoms with Gasteiger partial charge in [0.05, 0.1) is 13.0 Å². The Labute approximate surface area is 111 Å². The molecule has 18 heavy (non-hydrogen) atoms. The molecule has 0 aliphatic carbocycles. The van der Waals surface area contributed by atoms with Gasteiger partial charge in [-0.05, 0) is 18.1 Å². The van der Waals surface area contributed by atoms with E-state index in [0.29, 0.717) is 18.1 Å². The van der Waals surface area contributed by atoms with Gasteiger partial charge in [0.15, 0.2) is 0 Å². The van der Waals surface area contributed by atoms with Crippen molar-refractivity contribution in [3.05, 3.63) is 34.9 Å². The van der Waals surface area contributed by atoms with Gasteiger partial charge < -0.3 is 10.2 Å². The standard InChI is InChI=1S/C13H15ClN2O2/c14-11-5-2-1-4-10(11)8-13(18)16-7-3-6-15-12(17)9-16/h1-2,4-5H,3,6-9H2,(H,15,17). The highest BCUT2D eigenvalue weighted by molar-refractivity contribution is 6.31. The SMILES string of the molecule is O=C1CN(C(=O)Cc2ccccc2Cl)CCCN1. The first-order valence-electron chi connectivity index (χ1n) is 5.94. The Hall–Kier alpha value is -1.55. The number of halogens is 1. The maximum atomic E-state index is 12.1. The molecular weight excluding hydrogens is 252 g/mol. The van der Waals surface area contributed by atoms with Crippen LogP contribution < -0.4 is 5.32 Å². The topological polar surface area (TPSA) is 49.4 Å². The molecule has 0 spiro atoms. The second-order valence-corrected chi connectivity index (χ2v) is 4.69. The molecule has 2 amide bonds. The minimum Gasteiger partial charge on any atom is -0.354 e. The number of hydrogen-bond acceptors (Lipinski definition) is 2. The van der Waals surface area contributed by atoms with Crippen molar-refractivity contribution in [2.24, 2.45) is 0 Å². The normalized spacial score (nSPS) is 16.1. The first kappa shape index (κ1) is 12.9. The summed E-state index contributed by atoms with van der Waals surface area (Å²) >= 11 is 6.02. The van der Waals surface area contributed by atoms with Gasteiger partial charge in [-0.2, -0.15) is 0 Å². The van der Waals surface area contributed by atoms with Crippen LogP contribution >= 0.6 is 11.6 Å². The predicted molar refractivity (Wildman–Crippen MR) is 69.4 cm³/mol. The summed E-state index contributed by atoms with van der Waals surface area (Å²) < 4.78 is 0. The minimum absolute atomic E-state index is 0.0554. The Bertz CT molecular complexity index is 462. The van der Waals surface area contributed by atoms with E-state index in [0.717, 1.165) is 12.0 Å². The molecule has 1 aromatic rings. The van der Waals surface area contributed by atoms with Gasteiger partial charge in [-0.25, -0.2) is 0 Å². The lowest BCUT2D eigenvalue weighted by Gasteiger charge is -2.19. The molecular formula is C13H15ClN2O2. The largest absolute Gasteiger partial charge is 0.354 e. The number of carbonyl (C=O) groups excluding carboxylic acids is 2. The highest BCUT2D eigenvalue weighted by Gasteiger charge is 2.20. The third-order valence-corrected chi connectivity index (χ3v) is 3.28. The molecule has 1 aliphatic rings. The number of amides is 2. The number of rotatable bonds is 2. The number of carbonyl (C=O) groups is 2. The van der Waals surface area contributed by atoms with E-state index < -0.39 is 0 Å². The van der Waals surface area contributed by atoms with Gasteiger partial charge in [0.1, 0.15) is 0 Å². The summed E-state index contributed by atoms with van der Waals surface area (Å²) in [4.78, 5) is 25.1. The molecule has 1 saturated heterocycles. The maximum absolute atomic E-state index is 12.1. The molecule has 1 aromatic carbocycles. The van der Waals surface area contributed by atoms with Crippen molar-refractivity contribution in [3.63, 3.8) is 0 Å². The lowest BCUT2D eigenvalue weighted by Crippen LogP contribution is -2.38. The Morgan fingerprint density at radius 3 is 2.94 bits per heavy atom. The van der Waals surface area contributed by atoms with E-state index in [-0.39, 0.29) is 24.8 Å². The van der Waals surface area contributed by atoms with E-state index in [1.807, 2.05) is 18.2 Å². The van der Waals surface area contributed by atoms with Crippen molar-refractivity contribution in [1.29, 1.82) is 0 Å². The smallest absolute Gasteiger partial charge is 0.239 e. The Morgan fingerprint density at radius 2 is 2.17 bits per heavy atom. The van der Waals surface area contributed by atoms with Crippen LogP contribution in [-0.2, 0) is 16.0 Å². The fraction of sp³-hybridized carbons (Fsp3) is 0.385. The first-order chi connectivity index (χ1) is 8.66. The molecule has 96 valence electrons. The van der Waals surface area contributed by atoms with Gasteiger partial charge in [-0.15, -0.1) is 0 Å². The number of hydrogen-bond donors (Lipinski definition) is 1. The van der Waals surface area contributed by atoms with Crippen molar-refractivity contribution in [2.75, 3.05) is 19.6 Å². The first-order valence-corrected chi connectivity index (χ1v) is 6.32. The summed E-state index contributed by atoms with van der Waals surface area (Å²) in [6.45, 7) is 1.39. The highest BCUT2D eigenvalue weighted by atomic mass is 35.5. The molecule has 4 nitrogen and oxygen atoms in total. The number of nitrogens with one attached hydrogen (secondary N) is 1. The fourth-order valence-electron chi connectivity index (χ4n) is 1.94. The summed E-state index contributed by atoms with van der Waals surface area (Å²) in [5.74, 6) is -0.153. The zero-order valence-corrected chi connectivity index (χ0v) is 10.7. The Balaban J connectivity index is 2.03. The van der Waals surface area contributed by atoms with Crippen molar-refractivity contribution in [3.8, 4) is 0 Å². The molecule has 0 atom stereocenters. The molecule has 1 aliphatic heterocycles. The van der Waals surface area contributed by atoms with E-state index in [4.69, 9.17) is 11.6 Å². The number of benzene rings is 1. The van der Waals surface area contributed by atoms with E-state index in [9.17, 15) is 9.59 Å². The molecule has 0 saturated carbocycles.